The Morgan fingerprint density at radius 1 is 1.18 bits per heavy atom. The summed E-state index contributed by atoms with van der Waals surface area (Å²) in [6.07, 6.45) is 1.05. The first-order chi connectivity index (χ1) is 7.56. The molecule has 102 valence electrons. The molecule has 0 radical (unpaired) electrons. The van der Waals surface area contributed by atoms with Crippen LogP contribution >= 0.6 is 0 Å². The van der Waals surface area contributed by atoms with Gasteiger partial charge < -0.3 is 15.2 Å². The maximum atomic E-state index is 10.8. The second-order valence-corrected chi connectivity index (χ2v) is 6.47. The molecule has 4 nitrogen and oxygen atoms in total. The van der Waals surface area contributed by atoms with Crippen molar-refractivity contribution in [3.63, 3.8) is 0 Å². The number of hydrogen-bond donors (Lipinski definition) is 1. The Kier molecular flexibility index (Phi) is 5.96. The third-order valence-electron chi connectivity index (χ3n) is 2.46. The van der Waals surface area contributed by atoms with Crippen LogP contribution in [0.3, 0.4) is 0 Å². The predicted octanol–water partition coefficient (Wildman–Crippen LogP) is 2.95. The molecule has 0 heterocycles. The molecule has 0 saturated carbocycles. The van der Waals surface area contributed by atoms with Gasteiger partial charge in [-0.15, -0.1) is 0 Å². The van der Waals surface area contributed by atoms with Crippen LogP contribution in [0.1, 0.15) is 47.5 Å². The highest BCUT2D eigenvalue weighted by molar-refractivity contribution is 5.65. The summed E-state index contributed by atoms with van der Waals surface area (Å²) in [6, 6.07) is 0. The fourth-order valence-electron chi connectivity index (χ4n) is 2.30. The number of amides is 1. The molecule has 1 atom stereocenters. The number of carbonyl (C=O) groups is 1. The molecule has 0 aliphatic carbocycles. The second kappa shape index (κ2) is 6.24. The van der Waals surface area contributed by atoms with Crippen LogP contribution in [0, 0.1) is 11.3 Å². The van der Waals surface area contributed by atoms with Crippen molar-refractivity contribution in [2.45, 2.75) is 53.1 Å². The minimum Gasteiger partial charge on any atom is -0.444 e. The van der Waals surface area contributed by atoms with Gasteiger partial charge in [-0.25, -0.2) is 4.79 Å². The van der Waals surface area contributed by atoms with Crippen LogP contribution in [0.25, 0.3) is 0 Å². The summed E-state index contributed by atoms with van der Waals surface area (Å²) in [6.45, 7) is 11.0. The van der Waals surface area contributed by atoms with Gasteiger partial charge in [0, 0.05) is 13.7 Å². The highest BCUT2D eigenvalue weighted by atomic mass is 16.6. The summed E-state index contributed by atoms with van der Waals surface area (Å²) in [4.78, 5) is 10.8. The van der Waals surface area contributed by atoms with Gasteiger partial charge in [-0.2, -0.15) is 0 Å². The van der Waals surface area contributed by atoms with Crippen LogP contribution in [0.4, 0.5) is 4.79 Å². The molecule has 0 fully saturated rings. The van der Waals surface area contributed by atoms with Crippen LogP contribution in [0.5, 0.6) is 0 Å². The van der Waals surface area contributed by atoms with Crippen LogP contribution in [0.15, 0.2) is 0 Å². The Labute approximate surface area is 105 Å². The SMILES string of the molecule is COC[C@@H](CC(C)(C)C)CC(C)(C)OC(N)=O. The molecule has 0 aromatic rings. The quantitative estimate of drug-likeness (QED) is 0.782. The van der Waals surface area contributed by atoms with Crippen molar-refractivity contribution in [2.24, 2.45) is 17.1 Å². The van der Waals surface area contributed by atoms with Crippen LogP contribution in [0.2, 0.25) is 0 Å². The summed E-state index contributed by atoms with van der Waals surface area (Å²) in [7, 11) is 1.69. The van der Waals surface area contributed by atoms with Crippen LogP contribution < -0.4 is 5.73 Å². The van der Waals surface area contributed by atoms with Gasteiger partial charge >= 0.3 is 6.09 Å². The normalized spacial score (nSPS) is 14.5. The van der Waals surface area contributed by atoms with E-state index in [9.17, 15) is 4.79 Å². The lowest BCUT2D eigenvalue weighted by molar-refractivity contribution is 0.00678. The fourth-order valence-corrected chi connectivity index (χ4v) is 2.30. The minimum absolute atomic E-state index is 0.228. The van der Waals surface area contributed by atoms with Gasteiger partial charge in [-0.1, -0.05) is 20.8 Å². The molecule has 0 spiro atoms. The summed E-state index contributed by atoms with van der Waals surface area (Å²) >= 11 is 0. The molecule has 0 unspecified atom stereocenters. The van der Waals surface area contributed by atoms with Gasteiger partial charge in [0.15, 0.2) is 0 Å². The Hall–Kier alpha value is -0.770. The van der Waals surface area contributed by atoms with Gasteiger partial charge in [0.2, 0.25) is 0 Å². The average Bonchev–Trinajstić information content (AvgIpc) is 1.95. The molecule has 0 aliphatic rings. The van der Waals surface area contributed by atoms with E-state index < -0.39 is 11.7 Å². The van der Waals surface area contributed by atoms with E-state index in [1.165, 1.54) is 0 Å². The first kappa shape index (κ1) is 16.2. The van der Waals surface area contributed by atoms with E-state index in [1.807, 2.05) is 13.8 Å². The monoisotopic (exact) mass is 245 g/mol. The van der Waals surface area contributed by atoms with Gasteiger partial charge in [-0.05, 0) is 38.0 Å². The van der Waals surface area contributed by atoms with Crippen molar-refractivity contribution in [2.75, 3.05) is 13.7 Å². The highest BCUT2D eigenvalue weighted by Gasteiger charge is 2.29. The summed E-state index contributed by atoms with van der Waals surface area (Å²) in [5.41, 5.74) is 4.75. The van der Waals surface area contributed by atoms with Gasteiger partial charge in [0.05, 0.1) is 0 Å². The zero-order valence-corrected chi connectivity index (χ0v) is 12.0. The average molecular weight is 245 g/mol. The van der Waals surface area contributed by atoms with Crippen molar-refractivity contribution in [3.05, 3.63) is 0 Å². The maximum Gasteiger partial charge on any atom is 0.405 e. The molecule has 0 aliphatic heterocycles. The smallest absolute Gasteiger partial charge is 0.405 e. The van der Waals surface area contributed by atoms with E-state index in [1.54, 1.807) is 7.11 Å². The van der Waals surface area contributed by atoms with E-state index >= 15 is 0 Å². The lowest BCUT2D eigenvalue weighted by Crippen LogP contribution is -2.35. The number of hydrogen-bond acceptors (Lipinski definition) is 3. The topological polar surface area (TPSA) is 61.6 Å². The lowest BCUT2D eigenvalue weighted by atomic mass is 9.80. The number of primary amides is 1. The summed E-state index contributed by atoms with van der Waals surface area (Å²) < 4.78 is 10.3. The molecule has 0 saturated heterocycles. The molecule has 2 N–H and O–H groups in total. The van der Waals surface area contributed by atoms with E-state index in [0.29, 0.717) is 12.5 Å². The standard InChI is InChI=1S/C13H27NO3/c1-12(2,3)7-10(9-16-6)8-13(4,5)17-11(14)15/h10H,7-9H2,1-6H3,(H2,14,15)/t10-/m0/s1. The summed E-state index contributed by atoms with van der Waals surface area (Å²) in [5.74, 6) is 0.356. The van der Waals surface area contributed by atoms with Crippen molar-refractivity contribution in [1.29, 1.82) is 0 Å². The maximum absolute atomic E-state index is 10.8. The third kappa shape index (κ3) is 8.98. The predicted molar refractivity (Wildman–Crippen MR) is 68.8 cm³/mol. The van der Waals surface area contributed by atoms with Gasteiger partial charge in [0.25, 0.3) is 0 Å². The van der Waals surface area contributed by atoms with Crippen molar-refractivity contribution in [3.8, 4) is 0 Å². The highest BCUT2D eigenvalue weighted by Crippen LogP contribution is 2.31. The molecule has 1 amide bonds. The van der Waals surface area contributed by atoms with Gasteiger partial charge in [-0.3, -0.25) is 0 Å². The van der Waals surface area contributed by atoms with E-state index in [0.717, 1.165) is 12.8 Å². The van der Waals surface area contributed by atoms with E-state index in [2.05, 4.69) is 20.8 Å². The van der Waals surface area contributed by atoms with Crippen molar-refractivity contribution < 1.29 is 14.3 Å². The molecule has 0 aromatic carbocycles. The zero-order valence-electron chi connectivity index (χ0n) is 12.0. The van der Waals surface area contributed by atoms with Crippen LogP contribution in [-0.4, -0.2) is 25.4 Å². The van der Waals surface area contributed by atoms with Crippen molar-refractivity contribution in [1.82, 2.24) is 0 Å². The Morgan fingerprint density at radius 2 is 1.71 bits per heavy atom. The first-order valence-corrected chi connectivity index (χ1v) is 6.03. The zero-order chi connectivity index (χ0) is 13.7. The number of nitrogens with two attached hydrogens (primary N) is 1. The number of ether oxygens (including phenoxy) is 2. The van der Waals surface area contributed by atoms with Crippen molar-refractivity contribution >= 4 is 6.09 Å². The lowest BCUT2D eigenvalue weighted by Gasteiger charge is -2.32. The molecular formula is C13H27NO3. The molecule has 17 heavy (non-hydrogen) atoms. The number of rotatable bonds is 6. The van der Waals surface area contributed by atoms with E-state index in [-0.39, 0.29) is 5.41 Å². The Morgan fingerprint density at radius 3 is 2.06 bits per heavy atom. The molecule has 0 bridgehead atoms. The number of carbonyl (C=O) groups excluding carboxylic acids is 1. The summed E-state index contributed by atoms with van der Waals surface area (Å²) in [5, 5.41) is 0. The molecule has 4 heteroatoms. The molecular weight excluding hydrogens is 218 g/mol. The second-order valence-electron chi connectivity index (χ2n) is 6.47. The third-order valence-corrected chi connectivity index (χ3v) is 2.46. The molecule has 0 rings (SSSR count). The fraction of sp³-hybridized carbons (Fsp3) is 0.923. The molecule has 0 aromatic heterocycles. The largest absolute Gasteiger partial charge is 0.444 e. The minimum atomic E-state index is -0.720. The van der Waals surface area contributed by atoms with E-state index in [4.69, 9.17) is 15.2 Å². The first-order valence-electron chi connectivity index (χ1n) is 6.03. The van der Waals surface area contributed by atoms with Crippen LogP contribution in [-0.2, 0) is 9.47 Å². The Balaban J connectivity index is 4.47. The Bertz CT molecular complexity index is 244. The van der Waals surface area contributed by atoms with Gasteiger partial charge in [0.1, 0.15) is 5.60 Å². The number of methoxy groups -OCH3 is 1.